The first-order chi connectivity index (χ1) is 18.2. The average molecular weight is 539 g/mol. The molecule has 2 N–H and O–H groups in total. The van der Waals surface area contributed by atoms with Gasteiger partial charge in [-0.3, -0.25) is 14.3 Å². The smallest absolute Gasteiger partial charge is 0.261 e. The van der Waals surface area contributed by atoms with E-state index in [1.54, 1.807) is 30.3 Å². The molecule has 2 aromatic carbocycles. The molecule has 1 aromatic heterocycles. The van der Waals surface area contributed by atoms with Gasteiger partial charge in [-0.1, -0.05) is 19.4 Å². The number of anilines is 2. The molecule has 10 heteroatoms. The lowest BCUT2D eigenvalue weighted by atomic mass is 9.83. The molecule has 2 unspecified atom stereocenters. The first-order valence-corrected chi connectivity index (χ1v) is 14.4. The molecule has 1 fully saturated rings. The Morgan fingerprint density at radius 2 is 1.84 bits per heavy atom. The number of fused-ring (bicyclic) bond motifs is 4. The number of hydrogen-bond acceptors (Lipinski definition) is 5. The fourth-order valence-electron chi connectivity index (χ4n) is 5.43. The molecule has 3 heterocycles. The fraction of sp³-hybridized carbons (Fsp3) is 0.357. The number of hydrogen-bond donors (Lipinski definition) is 2. The third kappa shape index (κ3) is 5.31. The number of nitrogens with zero attached hydrogens (tertiary/aromatic N) is 2. The number of rotatable bonds is 8. The minimum atomic E-state index is -4.05. The van der Waals surface area contributed by atoms with E-state index < -0.39 is 15.8 Å². The third-order valence-corrected chi connectivity index (χ3v) is 8.64. The summed E-state index contributed by atoms with van der Waals surface area (Å²) in [6.45, 7) is 4.42. The molecule has 2 bridgehead atoms. The van der Waals surface area contributed by atoms with Gasteiger partial charge in [0.1, 0.15) is 5.82 Å². The Bertz CT molecular complexity index is 1500. The topological polar surface area (TPSA) is 101 Å². The van der Waals surface area contributed by atoms with Crippen LogP contribution in [0.1, 0.15) is 48.2 Å². The monoisotopic (exact) mass is 538 g/mol. The molecule has 5 rings (SSSR count). The van der Waals surface area contributed by atoms with Crippen LogP contribution >= 0.6 is 0 Å². The molecule has 0 spiro atoms. The maximum absolute atomic E-state index is 13.4. The van der Waals surface area contributed by atoms with E-state index in [9.17, 15) is 22.4 Å². The van der Waals surface area contributed by atoms with Crippen LogP contribution < -0.4 is 20.5 Å². The summed E-state index contributed by atoms with van der Waals surface area (Å²) in [7, 11) is -4.05. The zero-order valence-electron chi connectivity index (χ0n) is 21.2. The molecule has 1 amide bonds. The lowest BCUT2D eigenvalue weighted by Gasteiger charge is -2.44. The van der Waals surface area contributed by atoms with Gasteiger partial charge in [-0.2, -0.15) is 0 Å². The minimum absolute atomic E-state index is 0.00293. The van der Waals surface area contributed by atoms with Crippen molar-refractivity contribution >= 4 is 27.3 Å². The van der Waals surface area contributed by atoms with Crippen LogP contribution in [0.15, 0.2) is 70.4 Å². The number of piperidine rings is 1. The van der Waals surface area contributed by atoms with E-state index in [0.717, 1.165) is 37.1 Å². The first-order valence-electron chi connectivity index (χ1n) is 12.9. The molecule has 38 heavy (non-hydrogen) atoms. The van der Waals surface area contributed by atoms with E-state index in [0.29, 0.717) is 37.4 Å². The number of benzene rings is 2. The summed E-state index contributed by atoms with van der Waals surface area (Å²) in [6.07, 6.45) is 2.73. The van der Waals surface area contributed by atoms with E-state index in [2.05, 4.69) is 14.9 Å². The number of unbranched alkanes of at least 4 members (excludes halogenated alkanes) is 1. The van der Waals surface area contributed by atoms with Crippen molar-refractivity contribution in [3.05, 3.63) is 88.1 Å². The average Bonchev–Trinajstić information content (AvgIpc) is 2.89. The number of sulfonamides is 1. The van der Waals surface area contributed by atoms with Crippen molar-refractivity contribution in [3.8, 4) is 0 Å². The maximum atomic E-state index is 13.4. The molecular weight excluding hydrogens is 507 g/mol. The molecule has 0 radical (unpaired) electrons. The number of amides is 1. The quantitative estimate of drug-likeness (QED) is 0.423. The Morgan fingerprint density at radius 3 is 2.61 bits per heavy atom. The number of carbonyl (C=O) groups is 1. The van der Waals surface area contributed by atoms with Gasteiger partial charge >= 0.3 is 0 Å². The number of aromatic nitrogens is 1. The van der Waals surface area contributed by atoms with Gasteiger partial charge in [-0.25, -0.2) is 12.8 Å². The molecule has 0 saturated carbocycles. The number of halogens is 1. The van der Waals surface area contributed by atoms with Gasteiger partial charge in [0.05, 0.1) is 16.3 Å². The van der Waals surface area contributed by atoms with E-state index in [1.165, 1.54) is 12.1 Å². The summed E-state index contributed by atoms with van der Waals surface area (Å²) in [6, 6.07) is 15.0. The second-order valence-corrected chi connectivity index (χ2v) is 11.7. The van der Waals surface area contributed by atoms with Gasteiger partial charge in [0.15, 0.2) is 0 Å². The van der Waals surface area contributed by atoms with Crippen LogP contribution in [0, 0.1) is 11.7 Å². The summed E-state index contributed by atoms with van der Waals surface area (Å²) in [5, 5.41) is 2.87. The van der Waals surface area contributed by atoms with Crippen LogP contribution in [0.3, 0.4) is 0 Å². The summed E-state index contributed by atoms with van der Waals surface area (Å²) in [4.78, 5) is 27.3. The van der Waals surface area contributed by atoms with Crippen LogP contribution in [0.5, 0.6) is 0 Å². The van der Waals surface area contributed by atoms with Gasteiger partial charge < -0.3 is 14.8 Å². The van der Waals surface area contributed by atoms with E-state index in [4.69, 9.17) is 0 Å². The van der Waals surface area contributed by atoms with Gasteiger partial charge in [0.2, 0.25) is 0 Å². The molecular formula is C28H31FN4O4S. The standard InChI is InChI=1S/C28H31FN4O4S/c1-2-3-13-30-28(35)20-7-12-26(24(15-20)31-38(36,37)23-10-8-22(29)9-11-23)32-16-19-14-21(18-32)25-5-4-6-27(34)33(25)17-19/h4-12,15,19,21,31H,2-3,13-14,16-18H2,1H3,(H,30,35). The fourth-order valence-corrected chi connectivity index (χ4v) is 6.49. The van der Waals surface area contributed by atoms with Crippen LogP contribution in [-0.4, -0.2) is 38.5 Å². The van der Waals surface area contributed by atoms with Crippen molar-refractivity contribution in [1.82, 2.24) is 9.88 Å². The second-order valence-electron chi connectivity index (χ2n) is 10.0. The number of nitrogens with one attached hydrogen (secondary N) is 2. The molecule has 2 aliphatic heterocycles. The first kappa shape index (κ1) is 26.0. The summed E-state index contributed by atoms with van der Waals surface area (Å²) >= 11 is 0. The molecule has 3 aromatic rings. The van der Waals surface area contributed by atoms with Crippen molar-refractivity contribution in [2.45, 2.75) is 43.5 Å². The zero-order valence-corrected chi connectivity index (χ0v) is 22.0. The van der Waals surface area contributed by atoms with E-state index in [1.807, 2.05) is 17.6 Å². The van der Waals surface area contributed by atoms with Crippen LogP contribution in [-0.2, 0) is 16.6 Å². The second kappa shape index (κ2) is 10.6. The Morgan fingerprint density at radius 1 is 1.05 bits per heavy atom. The van der Waals surface area contributed by atoms with Crippen molar-refractivity contribution < 1.29 is 17.6 Å². The van der Waals surface area contributed by atoms with Crippen molar-refractivity contribution in [3.63, 3.8) is 0 Å². The summed E-state index contributed by atoms with van der Waals surface area (Å²) in [5.41, 5.74) is 2.26. The Labute approximate surface area is 221 Å². The molecule has 2 atom stereocenters. The highest BCUT2D eigenvalue weighted by molar-refractivity contribution is 7.92. The van der Waals surface area contributed by atoms with Crippen LogP contribution in [0.4, 0.5) is 15.8 Å². The molecule has 0 aliphatic carbocycles. The van der Waals surface area contributed by atoms with Gasteiger partial charge in [0, 0.05) is 49.4 Å². The van der Waals surface area contributed by atoms with Crippen molar-refractivity contribution in [2.75, 3.05) is 29.3 Å². The zero-order chi connectivity index (χ0) is 26.9. The summed E-state index contributed by atoms with van der Waals surface area (Å²) < 4.78 is 44.4. The van der Waals surface area contributed by atoms with Crippen LogP contribution in [0.2, 0.25) is 0 Å². The highest BCUT2D eigenvalue weighted by atomic mass is 32.2. The van der Waals surface area contributed by atoms with Crippen molar-refractivity contribution in [2.24, 2.45) is 5.92 Å². The van der Waals surface area contributed by atoms with Crippen LogP contribution in [0.25, 0.3) is 0 Å². The highest BCUT2D eigenvalue weighted by Crippen LogP contribution is 2.39. The molecule has 1 saturated heterocycles. The Hall–Kier alpha value is -3.66. The predicted octanol–water partition coefficient (Wildman–Crippen LogP) is 3.94. The predicted molar refractivity (Wildman–Crippen MR) is 145 cm³/mol. The SMILES string of the molecule is CCCCNC(=O)c1ccc(N2CC3CC(C2)c2cccc(=O)n2C3)c(NS(=O)(=O)c2ccc(F)cc2)c1. The molecule has 8 nitrogen and oxygen atoms in total. The van der Waals surface area contributed by atoms with Gasteiger partial charge in [-0.15, -0.1) is 0 Å². The largest absolute Gasteiger partial charge is 0.369 e. The number of pyridine rings is 1. The molecule has 200 valence electrons. The lowest BCUT2D eigenvalue weighted by molar-refractivity contribution is 0.0953. The Balaban J connectivity index is 1.49. The normalized spacial score (nSPS) is 18.5. The van der Waals surface area contributed by atoms with Gasteiger partial charge in [-0.05, 0) is 67.3 Å². The minimum Gasteiger partial charge on any atom is -0.369 e. The Kier molecular flexibility index (Phi) is 7.25. The molecule has 2 aliphatic rings. The van der Waals surface area contributed by atoms with Gasteiger partial charge in [0.25, 0.3) is 21.5 Å². The van der Waals surface area contributed by atoms with Crippen molar-refractivity contribution in [1.29, 1.82) is 0 Å². The van der Waals surface area contributed by atoms with E-state index in [-0.39, 0.29) is 33.9 Å². The lowest BCUT2D eigenvalue weighted by Crippen LogP contribution is -2.47. The maximum Gasteiger partial charge on any atom is 0.261 e. The summed E-state index contributed by atoms with van der Waals surface area (Å²) in [5.74, 6) is -0.472. The highest BCUT2D eigenvalue weighted by Gasteiger charge is 2.35. The number of carbonyl (C=O) groups excluding carboxylic acids is 1. The van der Waals surface area contributed by atoms with E-state index >= 15 is 0 Å². The third-order valence-electron chi connectivity index (χ3n) is 7.26.